The minimum absolute atomic E-state index is 0.0207. The van der Waals surface area contributed by atoms with Crippen molar-refractivity contribution < 1.29 is 14.3 Å². The number of benzene rings is 1. The summed E-state index contributed by atoms with van der Waals surface area (Å²) in [4.78, 5) is 23.2. The van der Waals surface area contributed by atoms with E-state index >= 15 is 0 Å². The third-order valence-electron chi connectivity index (χ3n) is 3.18. The molecule has 1 aliphatic rings. The molecule has 1 aliphatic carbocycles. The molecule has 0 aromatic heterocycles. The molecule has 3 nitrogen and oxygen atoms in total. The Kier molecular flexibility index (Phi) is 3.95. The highest BCUT2D eigenvalue weighted by atomic mass is 16.5. The molecule has 1 aromatic rings. The summed E-state index contributed by atoms with van der Waals surface area (Å²) in [6, 6.07) is 9.50. The van der Waals surface area contributed by atoms with Gasteiger partial charge in [0.2, 0.25) is 0 Å². The summed E-state index contributed by atoms with van der Waals surface area (Å²) in [6.45, 7) is 1.93. The number of rotatable bonds is 4. The minimum atomic E-state index is -0.587. The van der Waals surface area contributed by atoms with Crippen LogP contribution >= 0.6 is 0 Å². The number of esters is 1. The lowest BCUT2D eigenvalue weighted by molar-refractivity contribution is -0.143. The lowest BCUT2D eigenvalue weighted by Gasteiger charge is -2.20. The van der Waals surface area contributed by atoms with Gasteiger partial charge in [0.25, 0.3) is 0 Å². The van der Waals surface area contributed by atoms with Gasteiger partial charge in [-0.15, -0.1) is 0 Å². The monoisotopic (exact) mass is 256 g/mol. The first-order valence-electron chi connectivity index (χ1n) is 6.21. The summed E-state index contributed by atoms with van der Waals surface area (Å²) < 4.78 is 5.13. The molecule has 0 aliphatic heterocycles. The molecule has 0 N–H and O–H groups in total. The van der Waals surface area contributed by atoms with E-state index in [9.17, 15) is 9.59 Å². The van der Waals surface area contributed by atoms with Crippen molar-refractivity contribution >= 4 is 17.8 Å². The van der Waals surface area contributed by atoms with Gasteiger partial charge in [-0.2, -0.15) is 0 Å². The minimum Gasteiger partial charge on any atom is -0.461 e. The average molecular weight is 256 g/mol. The maximum Gasteiger partial charge on any atom is 0.330 e. The zero-order valence-corrected chi connectivity index (χ0v) is 10.8. The van der Waals surface area contributed by atoms with Crippen LogP contribution in [-0.2, 0) is 14.3 Å². The number of carbonyl (C=O) groups excluding carboxylic acids is 2. The Bertz CT molecular complexity index is 528. The Hall–Kier alpha value is -2.16. The molecule has 1 atom stereocenters. The van der Waals surface area contributed by atoms with E-state index < -0.39 is 11.4 Å². The van der Waals surface area contributed by atoms with Crippen molar-refractivity contribution in [2.45, 2.75) is 13.3 Å². The van der Waals surface area contributed by atoms with Gasteiger partial charge in [-0.1, -0.05) is 36.4 Å². The van der Waals surface area contributed by atoms with Crippen molar-refractivity contribution in [3.63, 3.8) is 0 Å². The van der Waals surface area contributed by atoms with Crippen molar-refractivity contribution in [3.8, 4) is 0 Å². The first-order valence-corrected chi connectivity index (χ1v) is 6.21. The number of allylic oxidation sites excluding steroid dienone is 2. The maximum absolute atomic E-state index is 11.6. The van der Waals surface area contributed by atoms with E-state index in [1.165, 1.54) is 6.08 Å². The van der Waals surface area contributed by atoms with Crippen LogP contribution in [0.4, 0.5) is 0 Å². The van der Waals surface area contributed by atoms with Gasteiger partial charge < -0.3 is 4.74 Å². The summed E-state index contributed by atoms with van der Waals surface area (Å²) in [6.07, 6.45) is 7.07. The predicted octanol–water partition coefficient (Wildman–Crippen LogP) is 2.78. The van der Waals surface area contributed by atoms with Gasteiger partial charge in [-0.05, 0) is 31.1 Å². The number of hydrogen-bond donors (Lipinski definition) is 0. The molecule has 0 fully saturated rings. The van der Waals surface area contributed by atoms with E-state index in [1.807, 2.05) is 43.3 Å². The maximum atomic E-state index is 11.6. The second-order valence-corrected chi connectivity index (χ2v) is 4.88. The quantitative estimate of drug-likeness (QED) is 0.614. The molecule has 19 heavy (non-hydrogen) atoms. The molecule has 0 saturated heterocycles. The standard InChI is InChI=1S/C16H16O3/c1-16(11-5-8-14(16)17)12-19-15(18)10-9-13-6-3-2-4-7-13/h2-10H,11-12H2,1H3/b10-9+. The highest BCUT2D eigenvalue weighted by molar-refractivity contribution is 5.97. The zero-order chi connectivity index (χ0) is 13.7. The predicted molar refractivity (Wildman–Crippen MR) is 73.3 cm³/mol. The normalized spacial score (nSPS) is 22.1. The van der Waals surface area contributed by atoms with Crippen LogP contribution in [0.25, 0.3) is 6.08 Å². The van der Waals surface area contributed by atoms with Crippen LogP contribution in [0.2, 0.25) is 0 Å². The molecular formula is C16H16O3. The number of ether oxygens (including phenoxy) is 1. The highest BCUT2D eigenvalue weighted by Gasteiger charge is 2.35. The van der Waals surface area contributed by atoms with Crippen LogP contribution in [-0.4, -0.2) is 18.4 Å². The molecule has 1 unspecified atom stereocenters. The molecule has 0 heterocycles. The summed E-state index contributed by atoms with van der Waals surface area (Å²) in [5.74, 6) is -0.405. The van der Waals surface area contributed by atoms with Crippen molar-refractivity contribution in [1.82, 2.24) is 0 Å². The topological polar surface area (TPSA) is 43.4 Å². The third kappa shape index (κ3) is 3.41. The molecule has 0 spiro atoms. The fraction of sp³-hybridized carbons (Fsp3) is 0.250. The average Bonchev–Trinajstić information content (AvgIpc) is 2.76. The number of carbonyl (C=O) groups is 2. The second kappa shape index (κ2) is 5.65. The summed E-state index contributed by atoms with van der Waals surface area (Å²) in [5.41, 5.74) is 0.347. The van der Waals surface area contributed by atoms with Crippen LogP contribution in [0.3, 0.4) is 0 Å². The van der Waals surface area contributed by atoms with Gasteiger partial charge in [0.05, 0.1) is 5.41 Å². The SMILES string of the molecule is CC1(COC(=O)/C=C/c2ccccc2)CC=CC1=O. The molecule has 98 valence electrons. The molecule has 0 radical (unpaired) electrons. The van der Waals surface area contributed by atoms with E-state index in [2.05, 4.69) is 0 Å². The van der Waals surface area contributed by atoms with Crippen molar-refractivity contribution in [2.75, 3.05) is 6.61 Å². The van der Waals surface area contributed by atoms with E-state index in [4.69, 9.17) is 4.74 Å². The fourth-order valence-corrected chi connectivity index (χ4v) is 1.86. The Labute approximate surface area is 112 Å². The van der Waals surface area contributed by atoms with Crippen molar-refractivity contribution in [1.29, 1.82) is 0 Å². The fourth-order valence-electron chi connectivity index (χ4n) is 1.86. The van der Waals surface area contributed by atoms with Crippen molar-refractivity contribution in [2.24, 2.45) is 5.41 Å². The largest absolute Gasteiger partial charge is 0.461 e. The van der Waals surface area contributed by atoms with Gasteiger partial charge in [0.1, 0.15) is 6.61 Å². The Balaban J connectivity index is 1.86. The lowest BCUT2D eigenvalue weighted by Crippen LogP contribution is -2.29. The number of hydrogen-bond acceptors (Lipinski definition) is 3. The van der Waals surface area contributed by atoms with Crippen LogP contribution in [0.5, 0.6) is 0 Å². The summed E-state index contributed by atoms with van der Waals surface area (Å²) in [5, 5.41) is 0. The molecule has 3 heteroatoms. The second-order valence-electron chi connectivity index (χ2n) is 4.88. The van der Waals surface area contributed by atoms with E-state index in [-0.39, 0.29) is 12.4 Å². The van der Waals surface area contributed by atoms with E-state index in [0.717, 1.165) is 5.56 Å². The molecule has 1 aromatic carbocycles. The molecule has 0 saturated carbocycles. The van der Waals surface area contributed by atoms with Gasteiger partial charge in [0.15, 0.2) is 5.78 Å². The van der Waals surface area contributed by atoms with Crippen molar-refractivity contribution in [3.05, 3.63) is 54.1 Å². The smallest absolute Gasteiger partial charge is 0.330 e. The van der Waals surface area contributed by atoms with Crippen LogP contribution in [0.15, 0.2) is 48.6 Å². The molecule has 2 rings (SSSR count). The lowest BCUT2D eigenvalue weighted by atomic mass is 9.88. The first kappa shape index (κ1) is 13.3. The Morgan fingerprint density at radius 3 is 2.74 bits per heavy atom. The molecular weight excluding hydrogens is 240 g/mol. The first-order chi connectivity index (χ1) is 9.10. The van der Waals surface area contributed by atoms with E-state index in [0.29, 0.717) is 6.42 Å². The summed E-state index contributed by atoms with van der Waals surface area (Å²) in [7, 11) is 0. The third-order valence-corrected chi connectivity index (χ3v) is 3.18. The van der Waals surface area contributed by atoms with Gasteiger partial charge in [-0.3, -0.25) is 4.79 Å². The van der Waals surface area contributed by atoms with Crippen LogP contribution < -0.4 is 0 Å². The Morgan fingerprint density at radius 2 is 2.11 bits per heavy atom. The van der Waals surface area contributed by atoms with Crippen LogP contribution in [0.1, 0.15) is 18.9 Å². The zero-order valence-electron chi connectivity index (χ0n) is 10.8. The molecule has 0 amide bonds. The van der Waals surface area contributed by atoms with E-state index in [1.54, 1.807) is 12.2 Å². The highest BCUT2D eigenvalue weighted by Crippen LogP contribution is 2.29. The van der Waals surface area contributed by atoms with Gasteiger partial charge in [-0.25, -0.2) is 4.79 Å². The van der Waals surface area contributed by atoms with Gasteiger partial charge >= 0.3 is 5.97 Å². The Morgan fingerprint density at radius 1 is 1.37 bits per heavy atom. The van der Waals surface area contributed by atoms with Gasteiger partial charge in [0, 0.05) is 6.08 Å². The van der Waals surface area contributed by atoms with Crippen LogP contribution in [0, 0.1) is 5.41 Å². The molecule has 0 bridgehead atoms. The summed E-state index contributed by atoms with van der Waals surface area (Å²) >= 11 is 0. The number of ketones is 1.